The zero-order valence-electron chi connectivity index (χ0n) is 20.1. The first-order chi connectivity index (χ1) is 17.5. The van der Waals surface area contributed by atoms with Crippen molar-refractivity contribution in [1.29, 1.82) is 0 Å². The highest BCUT2D eigenvalue weighted by molar-refractivity contribution is 6.34. The van der Waals surface area contributed by atoms with Gasteiger partial charge in [0.05, 0.1) is 31.3 Å². The number of anilines is 1. The van der Waals surface area contributed by atoms with Crippen molar-refractivity contribution in [1.82, 2.24) is 4.98 Å². The van der Waals surface area contributed by atoms with Crippen LogP contribution in [0.2, 0.25) is 5.02 Å². The molecule has 0 amide bonds. The van der Waals surface area contributed by atoms with E-state index in [1.165, 1.54) is 0 Å². The Morgan fingerprint density at radius 2 is 1.78 bits per heavy atom. The molecule has 2 heterocycles. The van der Waals surface area contributed by atoms with Crippen LogP contribution in [0.3, 0.4) is 0 Å². The molecule has 0 aliphatic carbocycles. The zero-order valence-corrected chi connectivity index (χ0v) is 20.8. The summed E-state index contributed by atoms with van der Waals surface area (Å²) in [6.07, 6.45) is 0.158. The number of H-pyrrole nitrogens is 1. The maximum absolute atomic E-state index is 13.0. The van der Waals surface area contributed by atoms with Gasteiger partial charge in [0.25, 0.3) is 5.56 Å². The molecule has 7 heteroatoms. The Morgan fingerprint density at radius 1 is 1.00 bits per heavy atom. The van der Waals surface area contributed by atoms with Gasteiger partial charge in [-0.2, -0.15) is 0 Å². The molecule has 0 unspecified atom stereocenters. The fraction of sp³-hybridized carbons (Fsp3) is 0.241. The molecule has 0 spiro atoms. The summed E-state index contributed by atoms with van der Waals surface area (Å²) in [5.41, 5.74) is 5.57. The molecule has 1 saturated heterocycles. The van der Waals surface area contributed by atoms with E-state index in [1.807, 2.05) is 54.6 Å². The van der Waals surface area contributed by atoms with Crippen LogP contribution in [0.1, 0.15) is 12.5 Å². The van der Waals surface area contributed by atoms with Gasteiger partial charge >= 0.3 is 5.97 Å². The monoisotopic (exact) mass is 502 g/mol. The Kier molecular flexibility index (Phi) is 7.07. The average molecular weight is 503 g/mol. The van der Waals surface area contributed by atoms with Gasteiger partial charge < -0.3 is 19.4 Å². The molecule has 5 rings (SSSR count). The maximum Gasteiger partial charge on any atom is 0.310 e. The van der Waals surface area contributed by atoms with Gasteiger partial charge in [0.15, 0.2) is 0 Å². The summed E-state index contributed by atoms with van der Waals surface area (Å²) in [6, 6.07) is 21.4. The number of carbonyl (C=O) groups excluding carboxylic acids is 1. The topological polar surface area (TPSA) is 71.6 Å². The number of rotatable bonds is 6. The second-order valence-corrected chi connectivity index (χ2v) is 9.14. The summed E-state index contributed by atoms with van der Waals surface area (Å²) >= 11 is 6.74. The van der Waals surface area contributed by atoms with Crippen LogP contribution in [0.5, 0.6) is 0 Å². The molecule has 3 aromatic carbocycles. The van der Waals surface area contributed by atoms with Crippen molar-refractivity contribution in [3.63, 3.8) is 0 Å². The number of hydrogen-bond donors (Lipinski definition) is 1. The number of aromatic nitrogens is 1. The molecule has 184 valence electrons. The average Bonchev–Trinajstić information content (AvgIpc) is 2.89. The van der Waals surface area contributed by atoms with Crippen LogP contribution in [-0.2, 0) is 20.7 Å². The lowest BCUT2D eigenvalue weighted by molar-refractivity contribution is -0.142. The largest absolute Gasteiger partial charge is 0.466 e. The van der Waals surface area contributed by atoms with Crippen LogP contribution in [0.4, 0.5) is 5.69 Å². The van der Waals surface area contributed by atoms with E-state index in [0.29, 0.717) is 35.9 Å². The van der Waals surface area contributed by atoms with Crippen molar-refractivity contribution in [2.45, 2.75) is 13.3 Å². The molecule has 0 radical (unpaired) electrons. The quantitative estimate of drug-likeness (QED) is 0.355. The number of pyridine rings is 1. The number of nitrogens with zero attached hydrogens (tertiary/aromatic N) is 1. The minimum absolute atomic E-state index is 0.158. The first-order valence-electron chi connectivity index (χ1n) is 12.1. The van der Waals surface area contributed by atoms with Crippen LogP contribution >= 0.6 is 11.6 Å². The third-order valence-corrected chi connectivity index (χ3v) is 6.68. The Bertz CT molecular complexity index is 1470. The summed E-state index contributed by atoms with van der Waals surface area (Å²) in [4.78, 5) is 30.2. The van der Waals surface area contributed by atoms with Crippen LogP contribution in [0.25, 0.3) is 33.2 Å². The predicted octanol–water partition coefficient (Wildman–Crippen LogP) is 5.46. The van der Waals surface area contributed by atoms with Gasteiger partial charge in [-0.25, -0.2) is 0 Å². The molecule has 4 aromatic rings. The van der Waals surface area contributed by atoms with E-state index in [4.69, 9.17) is 21.1 Å². The van der Waals surface area contributed by atoms with Crippen LogP contribution in [-0.4, -0.2) is 43.9 Å². The minimum Gasteiger partial charge on any atom is -0.466 e. The number of halogens is 1. The summed E-state index contributed by atoms with van der Waals surface area (Å²) in [5.74, 6) is -0.291. The van der Waals surface area contributed by atoms with Crippen molar-refractivity contribution >= 4 is 34.2 Å². The van der Waals surface area contributed by atoms with Gasteiger partial charge in [-0.3, -0.25) is 9.59 Å². The van der Waals surface area contributed by atoms with Crippen molar-refractivity contribution < 1.29 is 14.3 Å². The fourth-order valence-corrected chi connectivity index (χ4v) is 4.92. The highest BCUT2D eigenvalue weighted by atomic mass is 35.5. The molecule has 6 nitrogen and oxygen atoms in total. The van der Waals surface area contributed by atoms with Crippen molar-refractivity contribution in [3.05, 3.63) is 87.7 Å². The molecule has 1 N–H and O–H groups in total. The number of morpholine rings is 1. The van der Waals surface area contributed by atoms with Crippen molar-refractivity contribution in [2.75, 3.05) is 37.8 Å². The van der Waals surface area contributed by atoms with E-state index in [1.54, 1.807) is 6.92 Å². The number of para-hydroxylation sites is 1. The Balaban J connectivity index is 1.57. The lowest BCUT2D eigenvalue weighted by Gasteiger charge is -2.30. The van der Waals surface area contributed by atoms with Crippen molar-refractivity contribution in [3.8, 4) is 22.3 Å². The predicted molar refractivity (Wildman–Crippen MR) is 144 cm³/mol. The van der Waals surface area contributed by atoms with Gasteiger partial charge in [-0.05, 0) is 47.7 Å². The second-order valence-electron chi connectivity index (χ2n) is 8.73. The Morgan fingerprint density at radius 3 is 2.58 bits per heavy atom. The molecular formula is C29H27ClN2O4. The molecule has 1 aliphatic heterocycles. The first kappa shape index (κ1) is 24.1. The highest BCUT2D eigenvalue weighted by Gasteiger charge is 2.18. The normalized spacial score (nSPS) is 13.7. The maximum atomic E-state index is 13.0. The number of benzene rings is 3. The van der Waals surface area contributed by atoms with Gasteiger partial charge in [0, 0.05) is 41.0 Å². The number of esters is 1. The standard InChI is InChI=1S/C29H27ClN2O4/c1-2-36-28(33)15-19-6-5-7-20(14-19)23-16-21-17-24(25(30)18-26(21)31-29(23)34)22-8-3-4-9-27(22)32-10-12-35-13-11-32/h3-9,14,16-18H,2,10-13,15H2,1H3,(H,31,34). The number of hydrogen-bond acceptors (Lipinski definition) is 5. The van der Waals surface area contributed by atoms with E-state index in [9.17, 15) is 9.59 Å². The van der Waals surface area contributed by atoms with Gasteiger partial charge in [0.1, 0.15) is 0 Å². The second kappa shape index (κ2) is 10.6. The number of carbonyl (C=O) groups is 1. The highest BCUT2D eigenvalue weighted by Crippen LogP contribution is 2.38. The van der Waals surface area contributed by atoms with Crippen molar-refractivity contribution in [2.24, 2.45) is 0 Å². The molecule has 1 fully saturated rings. The van der Waals surface area contributed by atoms with E-state index in [0.717, 1.165) is 46.4 Å². The number of nitrogens with one attached hydrogen (secondary N) is 1. The lowest BCUT2D eigenvalue weighted by Crippen LogP contribution is -2.36. The minimum atomic E-state index is -0.291. The summed E-state index contributed by atoms with van der Waals surface area (Å²) in [7, 11) is 0. The van der Waals surface area contributed by atoms with E-state index < -0.39 is 0 Å². The van der Waals surface area contributed by atoms with Crippen LogP contribution in [0.15, 0.2) is 71.5 Å². The molecule has 0 atom stereocenters. The van der Waals surface area contributed by atoms with Gasteiger partial charge in [0.2, 0.25) is 0 Å². The third kappa shape index (κ3) is 5.01. The Labute approximate surface area is 214 Å². The molecule has 36 heavy (non-hydrogen) atoms. The summed E-state index contributed by atoms with van der Waals surface area (Å²) < 4.78 is 10.6. The van der Waals surface area contributed by atoms with Gasteiger partial charge in [-0.1, -0.05) is 54.1 Å². The molecule has 1 aromatic heterocycles. The summed E-state index contributed by atoms with van der Waals surface area (Å²) in [6.45, 7) is 5.15. The number of ether oxygens (including phenoxy) is 2. The van der Waals surface area contributed by atoms with E-state index in [2.05, 4.69) is 22.0 Å². The molecular weight excluding hydrogens is 476 g/mol. The molecule has 0 bridgehead atoms. The number of aromatic amines is 1. The zero-order chi connectivity index (χ0) is 25.1. The van der Waals surface area contributed by atoms with E-state index in [-0.39, 0.29) is 17.9 Å². The Hall–Kier alpha value is -3.61. The fourth-order valence-electron chi connectivity index (χ4n) is 4.66. The lowest BCUT2D eigenvalue weighted by atomic mass is 9.98. The summed E-state index contributed by atoms with van der Waals surface area (Å²) in [5, 5.41) is 1.44. The SMILES string of the molecule is CCOC(=O)Cc1cccc(-c2cc3cc(-c4ccccc4N4CCOCC4)c(Cl)cc3[nH]c2=O)c1. The van der Waals surface area contributed by atoms with Gasteiger partial charge in [-0.15, -0.1) is 0 Å². The smallest absolute Gasteiger partial charge is 0.310 e. The van der Waals surface area contributed by atoms with Crippen LogP contribution < -0.4 is 10.5 Å². The van der Waals surface area contributed by atoms with E-state index >= 15 is 0 Å². The molecule has 1 aliphatic rings. The molecule has 0 saturated carbocycles. The van der Waals surface area contributed by atoms with Crippen LogP contribution in [0, 0.1) is 0 Å². The number of fused-ring (bicyclic) bond motifs is 1. The first-order valence-corrected chi connectivity index (χ1v) is 12.4. The third-order valence-electron chi connectivity index (χ3n) is 6.37.